The van der Waals surface area contributed by atoms with Gasteiger partial charge in [-0.3, -0.25) is 14.4 Å². The summed E-state index contributed by atoms with van der Waals surface area (Å²) in [4.78, 5) is 40.0. The second-order valence-corrected chi connectivity index (χ2v) is 7.05. The van der Waals surface area contributed by atoms with Crippen molar-refractivity contribution in [2.45, 2.75) is 20.3 Å². The zero-order chi connectivity index (χ0) is 21.5. The third kappa shape index (κ3) is 5.59. The third-order valence-corrected chi connectivity index (χ3v) is 4.85. The summed E-state index contributed by atoms with van der Waals surface area (Å²) in [7, 11) is 0. The third-order valence-electron chi connectivity index (χ3n) is 4.85. The molecule has 3 rings (SSSR count). The van der Waals surface area contributed by atoms with Crippen molar-refractivity contribution in [1.82, 2.24) is 9.80 Å². The summed E-state index contributed by atoms with van der Waals surface area (Å²) >= 11 is 0. The number of hydrogen-bond acceptors (Lipinski definition) is 5. The van der Waals surface area contributed by atoms with Crippen LogP contribution in [-0.2, 0) is 16.0 Å². The second kappa shape index (κ2) is 9.91. The molecule has 0 aliphatic carbocycles. The van der Waals surface area contributed by atoms with Gasteiger partial charge >= 0.3 is 5.97 Å². The SMILES string of the molecule is CCOc1ccc(CC(=O)N2CCN(C(=O)c3cccc(OC(C)=O)c3)CC2)cc1. The van der Waals surface area contributed by atoms with E-state index in [0.29, 0.717) is 50.5 Å². The molecule has 7 nitrogen and oxygen atoms in total. The molecule has 1 saturated heterocycles. The summed E-state index contributed by atoms with van der Waals surface area (Å²) in [5, 5.41) is 0. The summed E-state index contributed by atoms with van der Waals surface area (Å²) in [6.07, 6.45) is 0.324. The lowest BCUT2D eigenvalue weighted by Crippen LogP contribution is -2.51. The Hall–Kier alpha value is -3.35. The number of piperazine rings is 1. The fourth-order valence-corrected chi connectivity index (χ4v) is 3.36. The van der Waals surface area contributed by atoms with Gasteiger partial charge in [-0.15, -0.1) is 0 Å². The van der Waals surface area contributed by atoms with Gasteiger partial charge in [-0.25, -0.2) is 0 Å². The van der Waals surface area contributed by atoms with Crippen molar-refractivity contribution in [3.05, 3.63) is 59.7 Å². The Morgan fingerprint density at radius 2 is 1.57 bits per heavy atom. The van der Waals surface area contributed by atoms with Crippen molar-refractivity contribution >= 4 is 17.8 Å². The molecule has 0 atom stereocenters. The van der Waals surface area contributed by atoms with Crippen molar-refractivity contribution in [1.29, 1.82) is 0 Å². The molecule has 7 heteroatoms. The van der Waals surface area contributed by atoms with Crippen LogP contribution in [0.5, 0.6) is 11.5 Å². The van der Waals surface area contributed by atoms with E-state index in [2.05, 4.69) is 0 Å². The number of carbonyl (C=O) groups is 3. The fourth-order valence-electron chi connectivity index (χ4n) is 3.36. The van der Waals surface area contributed by atoms with E-state index in [1.165, 1.54) is 6.92 Å². The van der Waals surface area contributed by atoms with Gasteiger partial charge in [-0.05, 0) is 42.8 Å². The molecule has 2 aromatic carbocycles. The van der Waals surface area contributed by atoms with Crippen LogP contribution in [0.3, 0.4) is 0 Å². The number of hydrogen-bond donors (Lipinski definition) is 0. The zero-order valence-electron chi connectivity index (χ0n) is 17.3. The second-order valence-electron chi connectivity index (χ2n) is 7.05. The summed E-state index contributed by atoms with van der Waals surface area (Å²) in [6, 6.07) is 14.1. The van der Waals surface area contributed by atoms with E-state index in [9.17, 15) is 14.4 Å². The summed E-state index contributed by atoms with van der Waals surface area (Å²) < 4.78 is 10.5. The standard InChI is InChI=1S/C23H26N2O5/c1-3-29-20-9-7-18(8-10-20)15-22(27)24-11-13-25(14-12-24)23(28)19-5-4-6-21(16-19)30-17(2)26/h4-10,16H,3,11-15H2,1-2H3. The number of esters is 1. The maximum Gasteiger partial charge on any atom is 0.308 e. The van der Waals surface area contributed by atoms with Crippen molar-refractivity contribution in [3.8, 4) is 11.5 Å². The van der Waals surface area contributed by atoms with Gasteiger partial charge in [0.2, 0.25) is 5.91 Å². The lowest BCUT2D eigenvalue weighted by atomic mass is 10.1. The monoisotopic (exact) mass is 410 g/mol. The molecule has 0 aromatic heterocycles. The minimum Gasteiger partial charge on any atom is -0.494 e. The molecule has 2 aromatic rings. The predicted octanol–water partition coefficient (Wildman–Crippen LogP) is 2.54. The van der Waals surface area contributed by atoms with Crippen molar-refractivity contribution in [2.24, 2.45) is 0 Å². The molecule has 0 spiro atoms. The molecular formula is C23H26N2O5. The molecular weight excluding hydrogens is 384 g/mol. The maximum absolute atomic E-state index is 12.8. The normalized spacial score (nSPS) is 13.7. The van der Waals surface area contributed by atoms with Crippen LogP contribution in [0.25, 0.3) is 0 Å². The fraction of sp³-hybridized carbons (Fsp3) is 0.348. The first kappa shape index (κ1) is 21.4. The van der Waals surface area contributed by atoms with E-state index < -0.39 is 5.97 Å². The van der Waals surface area contributed by atoms with Gasteiger partial charge in [0.1, 0.15) is 11.5 Å². The van der Waals surface area contributed by atoms with Crippen molar-refractivity contribution in [2.75, 3.05) is 32.8 Å². The molecule has 158 valence electrons. The van der Waals surface area contributed by atoms with Crippen LogP contribution in [-0.4, -0.2) is 60.4 Å². The van der Waals surface area contributed by atoms with Gasteiger partial charge in [-0.2, -0.15) is 0 Å². The Morgan fingerprint density at radius 3 is 2.20 bits per heavy atom. The van der Waals surface area contributed by atoms with Crippen LogP contribution in [0.4, 0.5) is 0 Å². The molecule has 30 heavy (non-hydrogen) atoms. The number of carbonyl (C=O) groups excluding carboxylic acids is 3. The lowest BCUT2D eigenvalue weighted by Gasteiger charge is -2.35. The van der Waals surface area contributed by atoms with Crippen LogP contribution in [0, 0.1) is 0 Å². The first-order chi connectivity index (χ1) is 14.5. The van der Waals surface area contributed by atoms with Gasteiger partial charge in [0, 0.05) is 38.7 Å². The largest absolute Gasteiger partial charge is 0.494 e. The lowest BCUT2D eigenvalue weighted by molar-refractivity contribution is -0.132. The van der Waals surface area contributed by atoms with Crippen molar-refractivity contribution in [3.63, 3.8) is 0 Å². The highest BCUT2D eigenvalue weighted by Gasteiger charge is 2.25. The van der Waals surface area contributed by atoms with Gasteiger partial charge in [0.15, 0.2) is 0 Å². The van der Waals surface area contributed by atoms with E-state index in [0.717, 1.165) is 11.3 Å². The molecule has 1 aliphatic heterocycles. The average molecular weight is 410 g/mol. The van der Waals surface area contributed by atoms with Crippen LogP contribution in [0.15, 0.2) is 48.5 Å². The Morgan fingerprint density at radius 1 is 0.900 bits per heavy atom. The van der Waals surface area contributed by atoms with Crippen LogP contribution >= 0.6 is 0 Å². The van der Waals surface area contributed by atoms with E-state index in [1.54, 1.807) is 34.1 Å². The molecule has 0 saturated carbocycles. The predicted molar refractivity (Wildman–Crippen MR) is 112 cm³/mol. The number of rotatable bonds is 6. The number of nitrogens with zero attached hydrogens (tertiary/aromatic N) is 2. The zero-order valence-corrected chi connectivity index (χ0v) is 17.3. The molecule has 1 aliphatic rings. The Bertz CT molecular complexity index is 902. The topological polar surface area (TPSA) is 76.2 Å². The molecule has 0 radical (unpaired) electrons. The van der Waals surface area contributed by atoms with Gasteiger partial charge in [0.05, 0.1) is 13.0 Å². The highest BCUT2D eigenvalue weighted by atomic mass is 16.5. The van der Waals surface area contributed by atoms with E-state index in [4.69, 9.17) is 9.47 Å². The van der Waals surface area contributed by atoms with Gasteiger partial charge in [-0.1, -0.05) is 18.2 Å². The van der Waals surface area contributed by atoms with E-state index in [1.807, 2.05) is 31.2 Å². The Labute approximate surface area is 176 Å². The van der Waals surface area contributed by atoms with E-state index >= 15 is 0 Å². The number of amides is 2. The molecule has 0 N–H and O–H groups in total. The molecule has 2 amide bonds. The van der Waals surface area contributed by atoms with Crippen LogP contribution in [0.1, 0.15) is 29.8 Å². The Kier molecular flexibility index (Phi) is 7.06. The molecule has 0 unspecified atom stereocenters. The summed E-state index contributed by atoms with van der Waals surface area (Å²) in [6.45, 7) is 5.76. The summed E-state index contributed by atoms with van der Waals surface area (Å²) in [5.41, 5.74) is 1.40. The molecule has 1 fully saturated rings. The first-order valence-corrected chi connectivity index (χ1v) is 10.0. The quantitative estimate of drug-likeness (QED) is 0.540. The molecule has 1 heterocycles. The number of benzene rings is 2. The maximum atomic E-state index is 12.8. The average Bonchev–Trinajstić information content (AvgIpc) is 2.74. The summed E-state index contributed by atoms with van der Waals surface area (Å²) in [5.74, 6) is 0.612. The van der Waals surface area contributed by atoms with Crippen LogP contribution < -0.4 is 9.47 Å². The smallest absolute Gasteiger partial charge is 0.308 e. The Balaban J connectivity index is 1.53. The van der Waals surface area contributed by atoms with Crippen molar-refractivity contribution < 1.29 is 23.9 Å². The van der Waals surface area contributed by atoms with Gasteiger partial charge in [0.25, 0.3) is 5.91 Å². The van der Waals surface area contributed by atoms with E-state index in [-0.39, 0.29) is 11.8 Å². The minimum absolute atomic E-state index is 0.0446. The van der Waals surface area contributed by atoms with Gasteiger partial charge < -0.3 is 19.3 Å². The minimum atomic E-state index is -0.431. The number of ether oxygens (including phenoxy) is 2. The molecule has 0 bridgehead atoms. The highest BCUT2D eigenvalue weighted by Crippen LogP contribution is 2.17. The highest BCUT2D eigenvalue weighted by molar-refractivity contribution is 5.95. The first-order valence-electron chi connectivity index (χ1n) is 10.0. The van der Waals surface area contributed by atoms with Crippen LogP contribution in [0.2, 0.25) is 0 Å².